The molecule has 0 amide bonds. The maximum absolute atomic E-state index is 12.7. The van der Waals surface area contributed by atoms with Gasteiger partial charge >= 0.3 is 6.18 Å². The molecule has 0 unspecified atom stereocenters. The van der Waals surface area contributed by atoms with Crippen LogP contribution in [0.3, 0.4) is 0 Å². The highest BCUT2D eigenvalue weighted by molar-refractivity contribution is 7.80. The third-order valence-electron chi connectivity index (χ3n) is 2.90. The topological polar surface area (TPSA) is 49.5 Å². The number of halogens is 3. The molecule has 0 aliphatic carbocycles. The zero-order valence-corrected chi connectivity index (χ0v) is 11.9. The van der Waals surface area contributed by atoms with E-state index in [0.29, 0.717) is 25.2 Å². The van der Waals surface area contributed by atoms with Crippen molar-refractivity contribution >= 4 is 22.9 Å². The van der Waals surface area contributed by atoms with Crippen molar-refractivity contribution in [1.82, 2.24) is 0 Å². The number of aliphatic hydroxyl groups is 1. The van der Waals surface area contributed by atoms with Crippen molar-refractivity contribution in [3.05, 3.63) is 29.3 Å². The summed E-state index contributed by atoms with van der Waals surface area (Å²) in [6.45, 7) is 2.99. The van der Waals surface area contributed by atoms with E-state index in [1.54, 1.807) is 0 Å². The zero-order chi connectivity index (χ0) is 15.3. The second kappa shape index (κ2) is 6.90. The molecule has 112 valence electrons. The van der Waals surface area contributed by atoms with Gasteiger partial charge in [0, 0.05) is 30.9 Å². The molecule has 1 aromatic rings. The second-order valence-electron chi connectivity index (χ2n) is 4.25. The lowest BCUT2D eigenvalue weighted by atomic mass is 10.1. The first-order valence-electron chi connectivity index (χ1n) is 6.18. The minimum absolute atomic E-state index is 0.0134. The number of hydrogen-bond acceptors (Lipinski definition) is 3. The molecule has 20 heavy (non-hydrogen) atoms. The molecule has 0 saturated heterocycles. The van der Waals surface area contributed by atoms with Crippen LogP contribution in [0.4, 0.5) is 18.9 Å². The first-order chi connectivity index (χ1) is 9.31. The maximum atomic E-state index is 12.7. The Balaban J connectivity index is 3.22. The third-order valence-corrected chi connectivity index (χ3v) is 3.12. The van der Waals surface area contributed by atoms with Crippen LogP contribution in [0, 0.1) is 0 Å². The Labute approximate surface area is 121 Å². The number of alkyl halides is 3. The molecule has 1 aromatic carbocycles. The van der Waals surface area contributed by atoms with Gasteiger partial charge in [-0.15, -0.1) is 0 Å². The van der Waals surface area contributed by atoms with Crippen molar-refractivity contribution in [1.29, 1.82) is 0 Å². The van der Waals surface area contributed by atoms with Crippen LogP contribution < -0.4 is 10.6 Å². The van der Waals surface area contributed by atoms with Crippen LogP contribution in [0.5, 0.6) is 0 Å². The molecule has 3 N–H and O–H groups in total. The van der Waals surface area contributed by atoms with Gasteiger partial charge in [-0.05, 0) is 31.5 Å². The molecular formula is C13H17F3N2OS. The van der Waals surface area contributed by atoms with Crippen LogP contribution in [-0.4, -0.2) is 29.8 Å². The van der Waals surface area contributed by atoms with Gasteiger partial charge in [0.2, 0.25) is 0 Å². The van der Waals surface area contributed by atoms with E-state index >= 15 is 0 Å². The first-order valence-corrected chi connectivity index (χ1v) is 6.59. The number of hydrogen-bond donors (Lipinski definition) is 2. The normalized spacial score (nSPS) is 11.4. The summed E-state index contributed by atoms with van der Waals surface area (Å²) < 4.78 is 38.2. The summed E-state index contributed by atoms with van der Waals surface area (Å²) >= 11 is 4.85. The van der Waals surface area contributed by atoms with Crippen molar-refractivity contribution in [2.24, 2.45) is 5.73 Å². The average molecular weight is 306 g/mol. The van der Waals surface area contributed by atoms with E-state index < -0.39 is 11.7 Å². The molecule has 0 aromatic heterocycles. The number of anilines is 1. The largest absolute Gasteiger partial charge is 0.416 e. The van der Waals surface area contributed by atoms with Gasteiger partial charge in [0.1, 0.15) is 4.99 Å². The number of aliphatic hydroxyl groups excluding tert-OH is 1. The van der Waals surface area contributed by atoms with Crippen molar-refractivity contribution in [3.63, 3.8) is 0 Å². The van der Waals surface area contributed by atoms with Gasteiger partial charge in [-0.2, -0.15) is 13.2 Å². The summed E-state index contributed by atoms with van der Waals surface area (Å²) in [5, 5.41) is 8.86. The quantitative estimate of drug-likeness (QED) is 0.793. The fourth-order valence-corrected chi connectivity index (χ4v) is 2.06. The van der Waals surface area contributed by atoms with Crippen molar-refractivity contribution < 1.29 is 18.3 Å². The fourth-order valence-electron chi connectivity index (χ4n) is 1.90. The Kier molecular flexibility index (Phi) is 5.76. The maximum Gasteiger partial charge on any atom is 0.416 e. The Morgan fingerprint density at radius 1 is 1.40 bits per heavy atom. The molecule has 0 radical (unpaired) electrons. The fraction of sp³-hybridized carbons (Fsp3) is 0.462. The second-order valence-corrected chi connectivity index (χ2v) is 4.69. The van der Waals surface area contributed by atoms with Gasteiger partial charge in [-0.25, -0.2) is 0 Å². The van der Waals surface area contributed by atoms with E-state index in [9.17, 15) is 13.2 Å². The first kappa shape index (κ1) is 16.7. The smallest absolute Gasteiger partial charge is 0.396 e. The summed E-state index contributed by atoms with van der Waals surface area (Å²) in [4.78, 5) is 1.76. The number of nitrogens with two attached hydrogens (primary N) is 1. The van der Waals surface area contributed by atoms with Gasteiger partial charge in [-0.1, -0.05) is 12.2 Å². The van der Waals surface area contributed by atoms with Crippen molar-refractivity contribution in [3.8, 4) is 0 Å². The molecule has 0 heterocycles. The van der Waals surface area contributed by atoms with E-state index in [-0.39, 0.29) is 17.2 Å². The predicted molar refractivity (Wildman–Crippen MR) is 76.9 cm³/mol. The molecule has 7 heteroatoms. The number of thiocarbonyl (C=S) groups is 1. The molecule has 0 aliphatic rings. The Morgan fingerprint density at radius 3 is 2.50 bits per heavy atom. The van der Waals surface area contributed by atoms with E-state index in [1.807, 2.05) is 11.8 Å². The SMILES string of the molecule is CCN(CCCO)c1ccc(C(F)(F)F)cc1C(N)=S. The highest BCUT2D eigenvalue weighted by atomic mass is 32.1. The highest BCUT2D eigenvalue weighted by Crippen LogP contribution is 2.33. The van der Waals surface area contributed by atoms with E-state index in [4.69, 9.17) is 23.1 Å². The lowest BCUT2D eigenvalue weighted by Gasteiger charge is -2.26. The van der Waals surface area contributed by atoms with Crippen LogP contribution in [-0.2, 0) is 6.18 Å². The summed E-state index contributed by atoms with van der Waals surface area (Å²) in [6.07, 6.45) is -3.91. The summed E-state index contributed by atoms with van der Waals surface area (Å²) in [7, 11) is 0. The number of nitrogens with zero attached hydrogens (tertiary/aromatic N) is 1. The molecule has 0 saturated carbocycles. The van der Waals surface area contributed by atoms with Gasteiger partial charge in [0.15, 0.2) is 0 Å². The average Bonchev–Trinajstić information content (AvgIpc) is 2.38. The molecular weight excluding hydrogens is 289 g/mol. The highest BCUT2D eigenvalue weighted by Gasteiger charge is 2.31. The molecule has 0 fully saturated rings. The standard InChI is InChI=1S/C13H17F3N2OS/c1-2-18(6-3-7-19)11-5-4-9(13(14,15)16)8-10(11)12(17)20/h4-5,8,19H,2-3,6-7H2,1H3,(H2,17,20). The van der Waals surface area contributed by atoms with Crippen molar-refractivity contribution in [2.45, 2.75) is 19.5 Å². The van der Waals surface area contributed by atoms with Crippen LogP contribution in [0.25, 0.3) is 0 Å². The number of benzene rings is 1. The Bertz CT molecular complexity index is 477. The lowest BCUT2D eigenvalue weighted by Crippen LogP contribution is -2.28. The Morgan fingerprint density at radius 2 is 2.05 bits per heavy atom. The molecule has 0 atom stereocenters. The summed E-state index contributed by atoms with van der Waals surface area (Å²) in [6, 6.07) is 3.36. The van der Waals surface area contributed by atoms with Gasteiger partial charge < -0.3 is 15.7 Å². The lowest BCUT2D eigenvalue weighted by molar-refractivity contribution is -0.137. The monoisotopic (exact) mass is 306 g/mol. The minimum Gasteiger partial charge on any atom is -0.396 e. The molecule has 3 nitrogen and oxygen atoms in total. The van der Waals surface area contributed by atoms with E-state index in [0.717, 1.165) is 12.1 Å². The van der Waals surface area contributed by atoms with Crippen LogP contribution in [0.1, 0.15) is 24.5 Å². The minimum atomic E-state index is -4.43. The van der Waals surface area contributed by atoms with Crippen LogP contribution in [0.15, 0.2) is 18.2 Å². The Hall–Kier alpha value is -1.34. The zero-order valence-electron chi connectivity index (χ0n) is 11.1. The predicted octanol–water partition coefficient (Wildman–Crippen LogP) is 2.55. The summed E-state index contributed by atoms with van der Waals surface area (Å²) in [5.41, 5.74) is 5.52. The number of rotatable bonds is 6. The third kappa shape index (κ3) is 4.08. The molecule has 0 spiro atoms. The summed E-state index contributed by atoms with van der Waals surface area (Å²) in [5.74, 6) is 0. The van der Waals surface area contributed by atoms with Crippen LogP contribution in [0.2, 0.25) is 0 Å². The van der Waals surface area contributed by atoms with E-state index in [2.05, 4.69) is 0 Å². The van der Waals surface area contributed by atoms with Crippen molar-refractivity contribution in [2.75, 3.05) is 24.6 Å². The molecule has 1 rings (SSSR count). The van der Waals surface area contributed by atoms with Gasteiger partial charge in [0.25, 0.3) is 0 Å². The van der Waals surface area contributed by atoms with Gasteiger partial charge in [-0.3, -0.25) is 0 Å². The van der Waals surface area contributed by atoms with Gasteiger partial charge in [0.05, 0.1) is 5.56 Å². The van der Waals surface area contributed by atoms with E-state index in [1.165, 1.54) is 6.07 Å². The van der Waals surface area contributed by atoms with Crippen LogP contribution >= 0.6 is 12.2 Å². The molecule has 0 bridgehead atoms. The molecule has 0 aliphatic heterocycles.